The summed E-state index contributed by atoms with van der Waals surface area (Å²) in [5.41, 5.74) is 1.01. The topological polar surface area (TPSA) is 42.4 Å². The van der Waals surface area contributed by atoms with Crippen molar-refractivity contribution in [2.75, 3.05) is 7.11 Å². The van der Waals surface area contributed by atoms with Crippen molar-refractivity contribution < 1.29 is 9.84 Å². The van der Waals surface area contributed by atoms with Crippen molar-refractivity contribution in [3.05, 3.63) is 16.1 Å². The smallest absolute Gasteiger partial charge is 0.0954 e. The first-order valence-electron chi connectivity index (χ1n) is 4.25. The van der Waals surface area contributed by atoms with Crippen LogP contribution in [0.25, 0.3) is 0 Å². The van der Waals surface area contributed by atoms with E-state index in [4.69, 9.17) is 4.74 Å². The van der Waals surface area contributed by atoms with Gasteiger partial charge in [0.1, 0.15) is 0 Å². The Morgan fingerprint density at radius 3 is 2.85 bits per heavy atom. The Bertz CT molecular complexity index is 262. The summed E-state index contributed by atoms with van der Waals surface area (Å²) in [6.45, 7) is 3.80. The Hall–Kier alpha value is -0.450. The molecular formula is C9H15NO2S. The van der Waals surface area contributed by atoms with Crippen LogP contribution in [0.3, 0.4) is 0 Å². The number of thiazole rings is 1. The fourth-order valence-corrected chi connectivity index (χ4v) is 1.82. The fourth-order valence-electron chi connectivity index (χ4n) is 0.998. The van der Waals surface area contributed by atoms with Crippen LogP contribution in [-0.4, -0.2) is 29.4 Å². The van der Waals surface area contributed by atoms with Crippen molar-refractivity contribution in [3.63, 3.8) is 0 Å². The van der Waals surface area contributed by atoms with Gasteiger partial charge in [0.25, 0.3) is 0 Å². The van der Waals surface area contributed by atoms with Gasteiger partial charge in [0.2, 0.25) is 0 Å². The summed E-state index contributed by atoms with van der Waals surface area (Å²) in [5.74, 6) is 0. The number of aliphatic hydroxyl groups excluding tert-OH is 1. The minimum Gasteiger partial charge on any atom is -0.390 e. The average Bonchev–Trinajstić information content (AvgIpc) is 2.49. The Labute approximate surface area is 82.4 Å². The zero-order valence-electron chi connectivity index (χ0n) is 8.15. The highest BCUT2D eigenvalue weighted by atomic mass is 32.1. The number of methoxy groups -OCH3 is 1. The molecule has 1 heterocycles. The molecule has 0 bridgehead atoms. The zero-order chi connectivity index (χ0) is 9.84. The lowest BCUT2D eigenvalue weighted by Gasteiger charge is -2.15. The molecule has 0 spiro atoms. The van der Waals surface area contributed by atoms with Crippen LogP contribution < -0.4 is 0 Å². The molecule has 1 aromatic rings. The van der Waals surface area contributed by atoms with Gasteiger partial charge in [-0.1, -0.05) is 0 Å². The molecule has 3 nitrogen and oxygen atoms in total. The zero-order valence-corrected chi connectivity index (χ0v) is 8.97. The van der Waals surface area contributed by atoms with E-state index in [2.05, 4.69) is 4.98 Å². The predicted octanol–water partition coefficient (Wildman–Crippen LogP) is 1.39. The van der Waals surface area contributed by atoms with Crippen LogP contribution in [-0.2, 0) is 11.2 Å². The van der Waals surface area contributed by atoms with Crippen LogP contribution in [0.1, 0.15) is 17.6 Å². The van der Waals surface area contributed by atoms with E-state index in [9.17, 15) is 5.11 Å². The third-order valence-electron chi connectivity index (χ3n) is 1.96. The minimum atomic E-state index is -0.462. The van der Waals surface area contributed by atoms with Gasteiger partial charge in [-0.3, -0.25) is 0 Å². The molecule has 0 saturated heterocycles. The van der Waals surface area contributed by atoms with Gasteiger partial charge in [-0.2, -0.15) is 0 Å². The molecule has 2 unspecified atom stereocenters. The largest absolute Gasteiger partial charge is 0.390 e. The number of aromatic nitrogens is 1. The molecule has 0 aliphatic heterocycles. The van der Waals surface area contributed by atoms with E-state index >= 15 is 0 Å². The van der Waals surface area contributed by atoms with Crippen LogP contribution >= 0.6 is 11.3 Å². The number of aliphatic hydroxyl groups is 1. The molecule has 0 saturated carbocycles. The van der Waals surface area contributed by atoms with E-state index < -0.39 is 6.10 Å². The van der Waals surface area contributed by atoms with Crippen molar-refractivity contribution in [1.82, 2.24) is 4.98 Å². The van der Waals surface area contributed by atoms with Crippen molar-refractivity contribution in [2.24, 2.45) is 0 Å². The third-order valence-corrected chi connectivity index (χ3v) is 2.95. The van der Waals surface area contributed by atoms with Gasteiger partial charge in [-0.05, 0) is 13.8 Å². The summed E-state index contributed by atoms with van der Waals surface area (Å²) in [6, 6.07) is 0. The SMILES string of the molecule is COC(C)C(O)Cc1nc(C)cs1. The Balaban J connectivity index is 2.49. The quantitative estimate of drug-likeness (QED) is 0.800. The van der Waals surface area contributed by atoms with Crippen molar-refractivity contribution >= 4 is 11.3 Å². The molecule has 0 fully saturated rings. The van der Waals surface area contributed by atoms with Gasteiger partial charge >= 0.3 is 0 Å². The maximum Gasteiger partial charge on any atom is 0.0954 e. The molecule has 0 aromatic carbocycles. The molecule has 0 radical (unpaired) electrons. The lowest BCUT2D eigenvalue weighted by Crippen LogP contribution is -2.26. The second kappa shape index (κ2) is 4.69. The Kier molecular flexibility index (Phi) is 3.84. The number of hydrogen-bond acceptors (Lipinski definition) is 4. The van der Waals surface area contributed by atoms with Crippen molar-refractivity contribution in [1.29, 1.82) is 0 Å². The highest BCUT2D eigenvalue weighted by molar-refractivity contribution is 7.09. The molecule has 0 amide bonds. The van der Waals surface area contributed by atoms with Crippen LogP contribution in [0.2, 0.25) is 0 Å². The first-order valence-corrected chi connectivity index (χ1v) is 5.13. The number of rotatable bonds is 4. The molecule has 0 aliphatic rings. The first-order chi connectivity index (χ1) is 6.13. The summed E-state index contributed by atoms with van der Waals surface area (Å²) >= 11 is 1.58. The van der Waals surface area contributed by atoms with Crippen LogP contribution in [0.15, 0.2) is 5.38 Å². The second-order valence-corrected chi connectivity index (χ2v) is 4.04. The normalized spacial score (nSPS) is 15.7. The first kappa shape index (κ1) is 10.6. The van der Waals surface area contributed by atoms with Gasteiger partial charge in [0.15, 0.2) is 0 Å². The molecule has 2 atom stereocenters. The average molecular weight is 201 g/mol. The number of ether oxygens (including phenoxy) is 1. The van der Waals surface area contributed by atoms with Gasteiger partial charge in [0.05, 0.1) is 17.2 Å². The summed E-state index contributed by atoms with van der Waals surface area (Å²) in [5, 5.41) is 12.6. The second-order valence-electron chi connectivity index (χ2n) is 3.09. The van der Waals surface area contributed by atoms with E-state index in [1.54, 1.807) is 18.4 Å². The molecule has 1 aromatic heterocycles. The molecule has 1 N–H and O–H groups in total. The van der Waals surface area contributed by atoms with E-state index in [1.165, 1.54) is 0 Å². The lowest BCUT2D eigenvalue weighted by molar-refractivity contribution is 0.000379. The fraction of sp³-hybridized carbons (Fsp3) is 0.667. The van der Waals surface area contributed by atoms with E-state index in [-0.39, 0.29) is 6.10 Å². The van der Waals surface area contributed by atoms with Gasteiger partial charge in [-0.15, -0.1) is 11.3 Å². The molecule has 74 valence electrons. The van der Waals surface area contributed by atoms with E-state index in [1.807, 2.05) is 19.2 Å². The Morgan fingerprint density at radius 2 is 2.38 bits per heavy atom. The monoisotopic (exact) mass is 201 g/mol. The highest BCUT2D eigenvalue weighted by Gasteiger charge is 2.15. The van der Waals surface area contributed by atoms with E-state index in [0.29, 0.717) is 6.42 Å². The van der Waals surface area contributed by atoms with Crippen LogP contribution in [0.4, 0.5) is 0 Å². The third kappa shape index (κ3) is 3.06. The highest BCUT2D eigenvalue weighted by Crippen LogP contribution is 2.13. The Morgan fingerprint density at radius 1 is 1.69 bits per heavy atom. The summed E-state index contributed by atoms with van der Waals surface area (Å²) < 4.78 is 5.02. The molecule has 13 heavy (non-hydrogen) atoms. The van der Waals surface area contributed by atoms with Crippen molar-refractivity contribution in [3.8, 4) is 0 Å². The summed E-state index contributed by atoms with van der Waals surface area (Å²) in [6.07, 6.45) is -0.0205. The summed E-state index contributed by atoms with van der Waals surface area (Å²) in [7, 11) is 1.60. The number of nitrogens with zero attached hydrogens (tertiary/aromatic N) is 1. The lowest BCUT2D eigenvalue weighted by atomic mass is 10.2. The number of aryl methyl sites for hydroxylation is 1. The van der Waals surface area contributed by atoms with Gasteiger partial charge < -0.3 is 9.84 Å². The van der Waals surface area contributed by atoms with Crippen LogP contribution in [0.5, 0.6) is 0 Å². The van der Waals surface area contributed by atoms with Crippen molar-refractivity contribution in [2.45, 2.75) is 32.5 Å². The minimum absolute atomic E-state index is 0.135. The summed E-state index contributed by atoms with van der Waals surface area (Å²) in [4.78, 5) is 4.27. The van der Waals surface area contributed by atoms with Crippen LogP contribution in [0, 0.1) is 6.92 Å². The molecule has 1 rings (SSSR count). The maximum absolute atomic E-state index is 9.62. The molecular weight excluding hydrogens is 186 g/mol. The molecule has 0 aliphatic carbocycles. The van der Waals surface area contributed by atoms with E-state index in [0.717, 1.165) is 10.7 Å². The van der Waals surface area contributed by atoms with Gasteiger partial charge in [0, 0.05) is 24.6 Å². The molecule has 4 heteroatoms. The maximum atomic E-state index is 9.62. The number of hydrogen-bond donors (Lipinski definition) is 1. The van der Waals surface area contributed by atoms with Gasteiger partial charge in [-0.25, -0.2) is 4.98 Å². The standard InChI is InChI=1S/C9H15NO2S/c1-6-5-13-9(10-6)4-8(11)7(2)12-3/h5,7-8,11H,4H2,1-3H3. The predicted molar refractivity (Wildman–Crippen MR) is 53.0 cm³/mol.